The molecule has 4 rings (SSSR count). The molecule has 8 heteroatoms. The highest BCUT2D eigenvalue weighted by Crippen LogP contribution is 2.25. The van der Waals surface area contributed by atoms with Gasteiger partial charge in [-0.05, 0) is 42.7 Å². The molecule has 166 valence electrons. The Balaban J connectivity index is 1.47. The average molecular weight is 434 g/mol. The van der Waals surface area contributed by atoms with E-state index >= 15 is 0 Å². The molecule has 1 aromatic carbocycles. The summed E-state index contributed by atoms with van der Waals surface area (Å²) in [7, 11) is 0. The third kappa shape index (κ3) is 4.12. The van der Waals surface area contributed by atoms with Gasteiger partial charge in [0.05, 0.1) is 11.1 Å². The van der Waals surface area contributed by atoms with E-state index in [1.807, 2.05) is 13.8 Å². The smallest absolute Gasteiger partial charge is 0.261 e. The molecular weight excluding hydrogens is 408 g/mol. The van der Waals surface area contributed by atoms with Crippen LogP contribution in [0.4, 0.5) is 0 Å². The molecule has 8 nitrogen and oxygen atoms in total. The fourth-order valence-corrected chi connectivity index (χ4v) is 4.14. The van der Waals surface area contributed by atoms with E-state index < -0.39 is 0 Å². The van der Waals surface area contributed by atoms with Crippen molar-refractivity contribution in [2.75, 3.05) is 32.7 Å². The molecular formula is C24H26N4O4. The lowest BCUT2D eigenvalue weighted by atomic mass is 10.0. The highest BCUT2D eigenvalue weighted by atomic mass is 16.2. The van der Waals surface area contributed by atoms with E-state index in [1.165, 1.54) is 11.0 Å². The minimum Gasteiger partial charge on any atom is -0.337 e. The summed E-state index contributed by atoms with van der Waals surface area (Å²) in [4.78, 5) is 59.8. The van der Waals surface area contributed by atoms with Crippen LogP contribution in [0.2, 0.25) is 0 Å². The van der Waals surface area contributed by atoms with Crippen LogP contribution in [0.3, 0.4) is 0 Å². The summed E-state index contributed by atoms with van der Waals surface area (Å²) in [6.45, 7) is 6.15. The van der Waals surface area contributed by atoms with Crippen LogP contribution in [0.5, 0.6) is 0 Å². The zero-order valence-corrected chi connectivity index (χ0v) is 18.3. The lowest BCUT2D eigenvalue weighted by molar-refractivity contribution is 0.0635. The first-order valence-corrected chi connectivity index (χ1v) is 10.9. The summed E-state index contributed by atoms with van der Waals surface area (Å²) in [5.41, 5.74) is 1.58. The number of nitrogens with zero attached hydrogens (tertiary/aromatic N) is 4. The Bertz CT molecular complexity index is 1070. The number of fused-ring (bicyclic) bond motifs is 1. The van der Waals surface area contributed by atoms with Crippen molar-refractivity contribution in [2.24, 2.45) is 5.92 Å². The Morgan fingerprint density at radius 1 is 0.844 bits per heavy atom. The molecule has 1 fully saturated rings. The highest BCUT2D eigenvalue weighted by molar-refractivity contribution is 6.22. The molecule has 1 saturated heterocycles. The predicted molar refractivity (Wildman–Crippen MR) is 117 cm³/mol. The Morgan fingerprint density at radius 2 is 1.44 bits per heavy atom. The fraction of sp³-hybridized carbons (Fsp3) is 0.375. The second-order valence-electron chi connectivity index (χ2n) is 8.55. The van der Waals surface area contributed by atoms with E-state index in [1.54, 1.807) is 46.5 Å². The van der Waals surface area contributed by atoms with Crippen LogP contribution in [0.25, 0.3) is 0 Å². The summed E-state index contributed by atoms with van der Waals surface area (Å²) >= 11 is 0. The molecule has 0 bridgehead atoms. The number of carbonyl (C=O) groups is 4. The summed E-state index contributed by atoms with van der Waals surface area (Å²) < 4.78 is 0. The fourth-order valence-electron chi connectivity index (χ4n) is 4.14. The number of benzene rings is 1. The van der Waals surface area contributed by atoms with Gasteiger partial charge in [0.15, 0.2) is 0 Å². The largest absolute Gasteiger partial charge is 0.337 e. The standard InChI is InChI=1S/C24H26N4O4/c1-16(2)15-28-23(31)19-5-4-18(14-20(19)24(28)32)22(30)27-11-3-10-26(12-13-27)21(29)17-6-8-25-9-7-17/h4-9,14,16H,3,10-13,15H2,1-2H3. The molecule has 2 aliphatic rings. The maximum Gasteiger partial charge on any atom is 0.261 e. The lowest BCUT2D eigenvalue weighted by Gasteiger charge is -2.22. The highest BCUT2D eigenvalue weighted by Gasteiger charge is 2.36. The molecule has 0 saturated carbocycles. The molecule has 2 aromatic rings. The van der Waals surface area contributed by atoms with Crippen molar-refractivity contribution in [3.8, 4) is 0 Å². The number of carbonyl (C=O) groups excluding carboxylic acids is 4. The van der Waals surface area contributed by atoms with Crippen molar-refractivity contribution in [1.82, 2.24) is 19.7 Å². The summed E-state index contributed by atoms with van der Waals surface area (Å²) in [5.74, 6) is -0.772. The van der Waals surface area contributed by atoms with E-state index in [0.29, 0.717) is 55.8 Å². The van der Waals surface area contributed by atoms with Crippen LogP contribution in [-0.2, 0) is 0 Å². The van der Waals surface area contributed by atoms with Crippen LogP contribution in [0, 0.1) is 5.92 Å². The monoisotopic (exact) mass is 434 g/mol. The first-order chi connectivity index (χ1) is 15.4. The molecule has 0 radical (unpaired) electrons. The van der Waals surface area contributed by atoms with Crippen molar-refractivity contribution in [3.05, 3.63) is 65.0 Å². The Labute approximate surface area is 186 Å². The number of hydrogen-bond donors (Lipinski definition) is 0. The number of aromatic nitrogens is 1. The normalized spacial score (nSPS) is 16.4. The predicted octanol–water partition coefficient (Wildman–Crippen LogP) is 2.32. The molecule has 2 aliphatic heterocycles. The number of rotatable bonds is 4. The molecule has 0 N–H and O–H groups in total. The summed E-state index contributed by atoms with van der Waals surface area (Å²) in [6.07, 6.45) is 3.83. The first-order valence-electron chi connectivity index (χ1n) is 10.9. The van der Waals surface area contributed by atoms with E-state index in [4.69, 9.17) is 0 Å². The number of imide groups is 1. The van der Waals surface area contributed by atoms with Gasteiger partial charge in [-0.3, -0.25) is 29.1 Å². The lowest BCUT2D eigenvalue weighted by Crippen LogP contribution is -2.37. The van der Waals surface area contributed by atoms with Gasteiger partial charge in [0.25, 0.3) is 23.6 Å². The summed E-state index contributed by atoms with van der Waals surface area (Å²) in [5, 5.41) is 0. The maximum absolute atomic E-state index is 13.2. The molecule has 3 heterocycles. The molecule has 0 unspecified atom stereocenters. The molecule has 0 aliphatic carbocycles. The molecule has 32 heavy (non-hydrogen) atoms. The van der Waals surface area contributed by atoms with Crippen LogP contribution in [-0.4, -0.2) is 76.0 Å². The van der Waals surface area contributed by atoms with Gasteiger partial charge >= 0.3 is 0 Å². The quantitative estimate of drug-likeness (QED) is 0.689. The van der Waals surface area contributed by atoms with Crippen LogP contribution >= 0.6 is 0 Å². The Morgan fingerprint density at radius 3 is 2.06 bits per heavy atom. The van der Waals surface area contributed by atoms with Gasteiger partial charge in [-0.2, -0.15) is 0 Å². The van der Waals surface area contributed by atoms with Crippen molar-refractivity contribution < 1.29 is 19.2 Å². The molecule has 0 atom stereocenters. The number of pyridine rings is 1. The van der Waals surface area contributed by atoms with Gasteiger partial charge in [0, 0.05) is 56.2 Å². The SMILES string of the molecule is CC(C)CN1C(=O)c2ccc(C(=O)N3CCCN(C(=O)c4ccncc4)CC3)cc2C1=O. The Hall–Kier alpha value is -3.55. The van der Waals surface area contributed by atoms with Crippen LogP contribution in [0.1, 0.15) is 61.7 Å². The second kappa shape index (κ2) is 8.90. The zero-order chi connectivity index (χ0) is 22.8. The van der Waals surface area contributed by atoms with Crippen LogP contribution < -0.4 is 0 Å². The third-order valence-electron chi connectivity index (χ3n) is 5.76. The summed E-state index contributed by atoms with van der Waals surface area (Å²) in [6, 6.07) is 8.07. The van der Waals surface area contributed by atoms with Gasteiger partial charge in [-0.1, -0.05) is 13.8 Å². The van der Waals surface area contributed by atoms with Gasteiger partial charge in [0.1, 0.15) is 0 Å². The van der Waals surface area contributed by atoms with E-state index in [2.05, 4.69) is 4.98 Å². The first kappa shape index (κ1) is 21.7. The average Bonchev–Trinajstić information content (AvgIpc) is 2.97. The number of amides is 4. The molecule has 0 spiro atoms. The molecule has 4 amide bonds. The van der Waals surface area contributed by atoms with E-state index in [9.17, 15) is 19.2 Å². The zero-order valence-electron chi connectivity index (χ0n) is 18.3. The van der Waals surface area contributed by atoms with E-state index in [0.717, 1.165) is 0 Å². The minimum atomic E-state index is -0.349. The van der Waals surface area contributed by atoms with Gasteiger partial charge < -0.3 is 9.80 Å². The van der Waals surface area contributed by atoms with Crippen molar-refractivity contribution in [2.45, 2.75) is 20.3 Å². The molecule has 1 aromatic heterocycles. The number of hydrogen-bond acceptors (Lipinski definition) is 5. The van der Waals surface area contributed by atoms with Crippen LogP contribution in [0.15, 0.2) is 42.7 Å². The van der Waals surface area contributed by atoms with Gasteiger partial charge in [-0.25, -0.2) is 0 Å². The van der Waals surface area contributed by atoms with E-state index in [-0.39, 0.29) is 35.1 Å². The third-order valence-corrected chi connectivity index (χ3v) is 5.76. The van der Waals surface area contributed by atoms with Gasteiger partial charge in [0.2, 0.25) is 0 Å². The van der Waals surface area contributed by atoms with Crippen molar-refractivity contribution >= 4 is 23.6 Å². The maximum atomic E-state index is 13.2. The minimum absolute atomic E-state index is 0.0754. The van der Waals surface area contributed by atoms with Crippen molar-refractivity contribution in [1.29, 1.82) is 0 Å². The topological polar surface area (TPSA) is 90.9 Å². The van der Waals surface area contributed by atoms with Crippen molar-refractivity contribution in [3.63, 3.8) is 0 Å². The van der Waals surface area contributed by atoms with Gasteiger partial charge in [-0.15, -0.1) is 0 Å². The Kier molecular flexibility index (Phi) is 6.03. The second-order valence-corrected chi connectivity index (χ2v) is 8.55.